The molecular formula is C18H30BN2O2. The summed E-state index contributed by atoms with van der Waals surface area (Å²) >= 11 is 0. The fourth-order valence-electron chi connectivity index (χ4n) is 2.33. The average Bonchev–Trinajstić information content (AvgIpc) is 2.48. The van der Waals surface area contributed by atoms with Crippen LogP contribution >= 0.6 is 0 Å². The molecule has 1 radical (unpaired) electrons. The van der Waals surface area contributed by atoms with E-state index in [-0.39, 0.29) is 0 Å². The number of hydrogen-bond acceptors (Lipinski definition) is 4. The van der Waals surface area contributed by atoms with Crippen LogP contribution in [0.3, 0.4) is 0 Å². The van der Waals surface area contributed by atoms with Crippen molar-refractivity contribution >= 4 is 12.9 Å². The third-order valence-corrected chi connectivity index (χ3v) is 4.94. The second-order valence-corrected chi connectivity index (χ2v) is 7.63. The van der Waals surface area contributed by atoms with Gasteiger partial charge in [-0.1, -0.05) is 29.7 Å². The van der Waals surface area contributed by atoms with Gasteiger partial charge in [-0.25, -0.2) is 0 Å². The molecule has 0 amide bonds. The first kappa shape index (κ1) is 18.5. The number of nitrogens with zero attached hydrogens (tertiary/aromatic N) is 2. The van der Waals surface area contributed by atoms with Crippen molar-refractivity contribution in [1.29, 1.82) is 0 Å². The van der Waals surface area contributed by atoms with E-state index < -0.39 is 11.2 Å². The van der Waals surface area contributed by atoms with Crippen molar-refractivity contribution in [2.75, 3.05) is 33.2 Å². The van der Waals surface area contributed by atoms with Crippen LogP contribution in [0.1, 0.15) is 33.3 Å². The van der Waals surface area contributed by atoms with E-state index in [1.807, 2.05) is 13.8 Å². The Balaban J connectivity index is 1.85. The SMILES string of the molecule is CN1CCN(Cc2ccc([B]OC(C)(C)C(C)(C)O)cc2)CC1. The molecule has 5 heteroatoms. The fourth-order valence-corrected chi connectivity index (χ4v) is 2.33. The van der Waals surface area contributed by atoms with Gasteiger partial charge in [0.2, 0.25) is 0 Å². The molecule has 1 aromatic carbocycles. The molecule has 1 fully saturated rings. The first-order chi connectivity index (χ1) is 10.7. The Hall–Kier alpha value is -0.875. The molecule has 0 unspecified atom stereocenters. The molecule has 0 bridgehead atoms. The zero-order valence-corrected chi connectivity index (χ0v) is 15.2. The number of piperazine rings is 1. The van der Waals surface area contributed by atoms with Gasteiger partial charge < -0.3 is 14.7 Å². The maximum atomic E-state index is 10.1. The minimum atomic E-state index is -0.898. The summed E-state index contributed by atoms with van der Waals surface area (Å²) in [5.41, 5.74) is 0.814. The van der Waals surface area contributed by atoms with E-state index in [1.165, 1.54) is 5.56 Å². The fraction of sp³-hybridized carbons (Fsp3) is 0.667. The highest BCUT2D eigenvalue weighted by Crippen LogP contribution is 2.24. The lowest BCUT2D eigenvalue weighted by Crippen LogP contribution is -2.49. The van der Waals surface area contributed by atoms with Crippen LogP contribution in [0.4, 0.5) is 0 Å². The van der Waals surface area contributed by atoms with Gasteiger partial charge in [0.05, 0.1) is 11.2 Å². The van der Waals surface area contributed by atoms with E-state index in [0.29, 0.717) is 0 Å². The van der Waals surface area contributed by atoms with Crippen LogP contribution in [0, 0.1) is 0 Å². The molecule has 1 aliphatic heterocycles. The molecule has 0 saturated carbocycles. The van der Waals surface area contributed by atoms with Crippen molar-refractivity contribution in [3.63, 3.8) is 0 Å². The number of rotatable bonds is 6. The van der Waals surface area contributed by atoms with Gasteiger partial charge in [-0.2, -0.15) is 0 Å². The van der Waals surface area contributed by atoms with Gasteiger partial charge in [0, 0.05) is 32.7 Å². The molecular weight excluding hydrogens is 287 g/mol. The highest BCUT2D eigenvalue weighted by molar-refractivity contribution is 6.47. The first-order valence-electron chi connectivity index (χ1n) is 8.41. The molecule has 23 heavy (non-hydrogen) atoms. The highest BCUT2D eigenvalue weighted by atomic mass is 16.5. The molecule has 127 valence electrons. The van der Waals surface area contributed by atoms with Gasteiger partial charge in [-0.05, 0) is 40.3 Å². The van der Waals surface area contributed by atoms with Crippen molar-refractivity contribution in [3.05, 3.63) is 29.8 Å². The van der Waals surface area contributed by atoms with Crippen molar-refractivity contribution in [3.8, 4) is 0 Å². The molecule has 0 atom stereocenters. The Morgan fingerprint density at radius 2 is 1.61 bits per heavy atom. The lowest BCUT2D eigenvalue weighted by Gasteiger charge is -2.37. The molecule has 0 aromatic heterocycles. The largest absolute Gasteiger partial charge is 0.427 e. The van der Waals surface area contributed by atoms with Crippen LogP contribution < -0.4 is 5.46 Å². The second-order valence-electron chi connectivity index (χ2n) is 7.63. The maximum Gasteiger partial charge on any atom is 0.330 e. The Labute approximate surface area is 141 Å². The standard InChI is InChI=1S/C18H30BN2O2/c1-17(2,22)18(3,4)23-19-16-8-6-15(7-9-16)14-21-12-10-20(5)11-13-21/h6-9,22H,10-14H2,1-5H3. The number of hydrogen-bond donors (Lipinski definition) is 1. The molecule has 1 heterocycles. The number of benzene rings is 1. The van der Waals surface area contributed by atoms with E-state index >= 15 is 0 Å². The number of likely N-dealkylation sites (N-methyl/N-ethyl adjacent to an activating group) is 1. The van der Waals surface area contributed by atoms with Crippen LogP contribution in [-0.2, 0) is 11.2 Å². The molecule has 1 saturated heterocycles. The minimum Gasteiger partial charge on any atom is -0.427 e. The summed E-state index contributed by atoms with van der Waals surface area (Å²) in [6.45, 7) is 12.9. The van der Waals surface area contributed by atoms with Gasteiger partial charge in [0.1, 0.15) is 0 Å². The Morgan fingerprint density at radius 1 is 1.04 bits per heavy atom. The van der Waals surface area contributed by atoms with Crippen LogP contribution in [0.5, 0.6) is 0 Å². The highest BCUT2D eigenvalue weighted by Gasteiger charge is 2.35. The average molecular weight is 317 g/mol. The second kappa shape index (κ2) is 7.35. The first-order valence-corrected chi connectivity index (χ1v) is 8.41. The normalized spacial score (nSPS) is 18.2. The van der Waals surface area contributed by atoms with Gasteiger partial charge in [0.25, 0.3) is 0 Å². The van der Waals surface area contributed by atoms with Crippen LogP contribution in [0.2, 0.25) is 0 Å². The van der Waals surface area contributed by atoms with Crippen LogP contribution in [0.25, 0.3) is 0 Å². The van der Waals surface area contributed by atoms with Crippen molar-refractivity contribution < 1.29 is 9.76 Å². The maximum absolute atomic E-state index is 10.1. The van der Waals surface area contributed by atoms with E-state index in [9.17, 15) is 5.11 Å². The van der Waals surface area contributed by atoms with Gasteiger partial charge in [0.15, 0.2) is 0 Å². The van der Waals surface area contributed by atoms with Crippen molar-refractivity contribution in [1.82, 2.24) is 9.80 Å². The lowest BCUT2D eigenvalue weighted by atomic mass is 9.82. The van der Waals surface area contributed by atoms with E-state index in [0.717, 1.165) is 38.2 Å². The summed E-state index contributed by atoms with van der Waals surface area (Å²) in [7, 11) is 3.91. The smallest absolute Gasteiger partial charge is 0.330 e. The summed E-state index contributed by atoms with van der Waals surface area (Å²) in [6.07, 6.45) is 0. The molecule has 0 spiro atoms. The zero-order valence-electron chi connectivity index (χ0n) is 15.2. The quantitative estimate of drug-likeness (QED) is 0.801. The van der Waals surface area contributed by atoms with Gasteiger partial charge in [-0.15, -0.1) is 0 Å². The number of aliphatic hydroxyl groups is 1. The van der Waals surface area contributed by atoms with Crippen LogP contribution in [-0.4, -0.2) is 66.8 Å². The minimum absolute atomic E-state index is 0.633. The Morgan fingerprint density at radius 3 is 2.13 bits per heavy atom. The van der Waals surface area contributed by atoms with Gasteiger partial charge in [-0.3, -0.25) is 4.90 Å². The predicted octanol–water partition coefficient (Wildman–Crippen LogP) is 1.24. The molecule has 1 N–H and O–H groups in total. The van der Waals surface area contributed by atoms with Crippen molar-refractivity contribution in [2.45, 2.75) is 45.4 Å². The van der Waals surface area contributed by atoms with E-state index in [4.69, 9.17) is 4.65 Å². The molecule has 2 rings (SSSR count). The van der Waals surface area contributed by atoms with Crippen LogP contribution in [0.15, 0.2) is 24.3 Å². The predicted molar refractivity (Wildman–Crippen MR) is 96.1 cm³/mol. The summed E-state index contributed by atoms with van der Waals surface area (Å²) in [5, 5.41) is 10.1. The molecule has 1 aliphatic rings. The van der Waals surface area contributed by atoms with E-state index in [1.54, 1.807) is 21.3 Å². The topological polar surface area (TPSA) is 35.9 Å². The third-order valence-electron chi connectivity index (χ3n) is 4.94. The van der Waals surface area contributed by atoms with E-state index in [2.05, 4.69) is 41.1 Å². The molecule has 1 aromatic rings. The summed E-state index contributed by atoms with van der Waals surface area (Å²) in [6, 6.07) is 8.47. The van der Waals surface area contributed by atoms with Crippen molar-refractivity contribution in [2.24, 2.45) is 0 Å². The Bertz CT molecular complexity index is 489. The van der Waals surface area contributed by atoms with Gasteiger partial charge >= 0.3 is 7.48 Å². The lowest BCUT2D eigenvalue weighted by molar-refractivity contribution is -0.0893. The monoisotopic (exact) mass is 317 g/mol. The molecule has 0 aliphatic carbocycles. The Kier molecular flexibility index (Phi) is 5.90. The summed E-state index contributed by atoms with van der Waals surface area (Å²) in [4.78, 5) is 4.86. The molecule has 4 nitrogen and oxygen atoms in total. The summed E-state index contributed by atoms with van der Waals surface area (Å²) in [5.74, 6) is 0. The zero-order chi connectivity index (χ0) is 17.1. The third kappa shape index (κ3) is 5.32. The summed E-state index contributed by atoms with van der Waals surface area (Å²) < 4.78 is 5.79.